The molecule has 2 aromatic carbocycles. The number of nitrogens with one attached hydrogen (secondary N) is 2. The van der Waals surface area contributed by atoms with E-state index in [4.69, 9.17) is 0 Å². The van der Waals surface area contributed by atoms with Crippen LogP contribution in [0.3, 0.4) is 0 Å². The van der Waals surface area contributed by atoms with Gasteiger partial charge >= 0.3 is 11.9 Å². The molecule has 0 aliphatic carbocycles. The highest BCUT2D eigenvalue weighted by atomic mass is 16.4. The second-order valence-electron chi connectivity index (χ2n) is 7.71. The van der Waals surface area contributed by atoms with Gasteiger partial charge in [-0.1, -0.05) is 30.3 Å². The highest BCUT2D eigenvalue weighted by Crippen LogP contribution is 2.16. The Bertz CT molecular complexity index is 1230. The van der Waals surface area contributed by atoms with Gasteiger partial charge < -0.3 is 20.8 Å². The maximum absolute atomic E-state index is 12.7. The van der Waals surface area contributed by atoms with Crippen molar-refractivity contribution in [1.82, 2.24) is 10.3 Å². The molecule has 9 nitrogen and oxygen atoms in total. The summed E-state index contributed by atoms with van der Waals surface area (Å²) in [4.78, 5) is 52.0. The molecule has 9 heteroatoms. The van der Waals surface area contributed by atoms with Gasteiger partial charge in [-0.25, -0.2) is 9.59 Å². The fourth-order valence-electron chi connectivity index (χ4n) is 3.52. The summed E-state index contributed by atoms with van der Waals surface area (Å²) in [6, 6.07) is 12.0. The molecule has 0 bridgehead atoms. The minimum absolute atomic E-state index is 0.0354. The van der Waals surface area contributed by atoms with Crippen LogP contribution in [0.15, 0.2) is 60.9 Å². The number of rotatable bonds is 8. The Morgan fingerprint density at radius 3 is 2.12 bits per heavy atom. The number of carboxylic acid groups (broad SMARTS) is 2. The first-order valence-electron chi connectivity index (χ1n) is 10.3. The summed E-state index contributed by atoms with van der Waals surface area (Å²) in [6.45, 7) is 3.58. The Kier molecular flexibility index (Phi) is 7.37. The quantitative estimate of drug-likeness (QED) is 0.403. The number of aromatic carboxylic acids is 1. The third-order valence-corrected chi connectivity index (χ3v) is 5.26. The van der Waals surface area contributed by atoms with Crippen molar-refractivity contribution >= 4 is 29.4 Å². The van der Waals surface area contributed by atoms with Crippen molar-refractivity contribution in [2.75, 3.05) is 5.32 Å². The molecule has 1 atom stereocenters. The van der Waals surface area contributed by atoms with E-state index in [0.29, 0.717) is 16.8 Å². The smallest absolute Gasteiger partial charge is 0.338 e. The summed E-state index contributed by atoms with van der Waals surface area (Å²) in [7, 11) is 0. The number of benzene rings is 2. The molecule has 1 heterocycles. The number of amides is 2. The zero-order valence-electron chi connectivity index (χ0n) is 18.5. The Labute approximate surface area is 195 Å². The fourth-order valence-corrected chi connectivity index (χ4v) is 3.52. The minimum Gasteiger partial charge on any atom is -0.480 e. The second-order valence-corrected chi connectivity index (χ2v) is 7.71. The average molecular weight is 461 g/mol. The summed E-state index contributed by atoms with van der Waals surface area (Å²) < 4.78 is 0. The molecule has 0 saturated carbocycles. The zero-order valence-corrected chi connectivity index (χ0v) is 18.5. The largest absolute Gasteiger partial charge is 0.480 e. The topological polar surface area (TPSA) is 146 Å². The highest BCUT2D eigenvalue weighted by molar-refractivity contribution is 6.10. The van der Waals surface area contributed by atoms with E-state index in [9.17, 15) is 29.4 Å². The number of carbonyl (C=O) groups is 4. The number of aromatic nitrogens is 1. The third-order valence-electron chi connectivity index (χ3n) is 5.26. The van der Waals surface area contributed by atoms with Gasteiger partial charge in [0, 0.05) is 30.1 Å². The number of aryl methyl sites for hydroxylation is 2. The van der Waals surface area contributed by atoms with Gasteiger partial charge in [-0.3, -0.25) is 14.6 Å². The predicted molar refractivity (Wildman–Crippen MR) is 124 cm³/mol. The minimum atomic E-state index is -1.27. The van der Waals surface area contributed by atoms with E-state index in [1.54, 1.807) is 50.2 Å². The van der Waals surface area contributed by atoms with Crippen molar-refractivity contribution in [3.05, 3.63) is 94.3 Å². The van der Waals surface area contributed by atoms with E-state index in [1.807, 2.05) is 6.07 Å². The Balaban J connectivity index is 1.70. The first kappa shape index (κ1) is 24.1. The molecule has 0 saturated heterocycles. The number of hydrogen-bond acceptors (Lipinski definition) is 5. The molecular formula is C25H23N3O6. The molecule has 1 unspecified atom stereocenters. The standard InChI is InChI=1S/C25H23N3O6/c1-14-4-3-5-15(2)21(14)23(30)28-20(25(33)34)12-16-6-8-17(9-7-16)27-22(29)18-10-11-26-13-19(18)24(31)32/h3-11,13,20H,12H2,1-2H3,(H,27,29)(H,28,30)(H,31,32)(H,33,34). The monoisotopic (exact) mass is 461 g/mol. The van der Waals surface area contributed by atoms with Gasteiger partial charge in [0.25, 0.3) is 11.8 Å². The van der Waals surface area contributed by atoms with E-state index < -0.39 is 29.8 Å². The van der Waals surface area contributed by atoms with Crippen LogP contribution in [0.5, 0.6) is 0 Å². The van der Waals surface area contributed by atoms with Gasteiger partial charge in [0.2, 0.25) is 0 Å². The average Bonchev–Trinajstić information content (AvgIpc) is 2.79. The summed E-state index contributed by atoms with van der Waals surface area (Å²) in [5, 5.41) is 24.0. The van der Waals surface area contributed by atoms with Crippen molar-refractivity contribution in [1.29, 1.82) is 0 Å². The molecule has 3 rings (SSSR count). The van der Waals surface area contributed by atoms with Crippen LogP contribution in [0.1, 0.15) is 47.8 Å². The highest BCUT2D eigenvalue weighted by Gasteiger charge is 2.23. The number of anilines is 1. The van der Waals surface area contributed by atoms with E-state index in [1.165, 1.54) is 12.3 Å². The molecule has 3 aromatic rings. The summed E-state index contributed by atoms with van der Waals surface area (Å²) in [6.07, 6.45) is 2.45. The third kappa shape index (κ3) is 5.63. The number of carbonyl (C=O) groups excluding carboxylic acids is 2. The Morgan fingerprint density at radius 1 is 0.882 bits per heavy atom. The number of hydrogen-bond donors (Lipinski definition) is 4. The van der Waals surface area contributed by atoms with Crippen molar-refractivity contribution in [3.8, 4) is 0 Å². The van der Waals surface area contributed by atoms with Crippen LogP contribution < -0.4 is 10.6 Å². The van der Waals surface area contributed by atoms with Crippen molar-refractivity contribution in [3.63, 3.8) is 0 Å². The van der Waals surface area contributed by atoms with Crippen LogP contribution in [0.4, 0.5) is 5.69 Å². The maximum Gasteiger partial charge on any atom is 0.338 e. The van der Waals surface area contributed by atoms with Crippen LogP contribution in [-0.4, -0.2) is 45.0 Å². The molecule has 0 fully saturated rings. The molecule has 4 N–H and O–H groups in total. The van der Waals surface area contributed by atoms with Gasteiger partial charge in [0.15, 0.2) is 0 Å². The van der Waals surface area contributed by atoms with Crippen LogP contribution in [-0.2, 0) is 11.2 Å². The summed E-state index contributed by atoms with van der Waals surface area (Å²) in [5.74, 6) is -3.51. The Morgan fingerprint density at radius 2 is 1.53 bits per heavy atom. The molecule has 34 heavy (non-hydrogen) atoms. The maximum atomic E-state index is 12.7. The van der Waals surface area contributed by atoms with E-state index >= 15 is 0 Å². The summed E-state index contributed by atoms with van der Waals surface area (Å²) >= 11 is 0. The van der Waals surface area contributed by atoms with Crippen LogP contribution in [0, 0.1) is 13.8 Å². The zero-order chi connectivity index (χ0) is 24.8. The predicted octanol–water partition coefficient (Wildman–Crippen LogP) is 3.07. The Hall–Kier alpha value is -4.53. The lowest BCUT2D eigenvalue weighted by Crippen LogP contribution is -2.42. The molecule has 0 aliphatic rings. The normalized spacial score (nSPS) is 11.4. The molecule has 174 valence electrons. The second kappa shape index (κ2) is 10.4. The van der Waals surface area contributed by atoms with Crippen molar-refractivity contribution < 1.29 is 29.4 Å². The van der Waals surface area contributed by atoms with Gasteiger partial charge in [-0.15, -0.1) is 0 Å². The number of nitrogens with zero attached hydrogens (tertiary/aromatic N) is 1. The van der Waals surface area contributed by atoms with Crippen LogP contribution >= 0.6 is 0 Å². The lowest BCUT2D eigenvalue weighted by molar-refractivity contribution is -0.139. The number of carboxylic acids is 2. The molecule has 0 radical (unpaired) electrons. The first-order chi connectivity index (χ1) is 16.2. The van der Waals surface area contributed by atoms with Gasteiger partial charge in [-0.2, -0.15) is 0 Å². The van der Waals surface area contributed by atoms with Crippen molar-refractivity contribution in [2.24, 2.45) is 0 Å². The lowest BCUT2D eigenvalue weighted by Gasteiger charge is -2.17. The fraction of sp³-hybridized carbons (Fsp3) is 0.160. The SMILES string of the molecule is Cc1cccc(C)c1C(=O)NC(Cc1ccc(NC(=O)c2ccncc2C(=O)O)cc1)C(=O)O. The first-order valence-corrected chi connectivity index (χ1v) is 10.3. The van der Waals surface area contributed by atoms with Crippen LogP contribution in [0.2, 0.25) is 0 Å². The van der Waals surface area contributed by atoms with Gasteiger partial charge in [-0.05, 0) is 48.7 Å². The van der Waals surface area contributed by atoms with Crippen molar-refractivity contribution in [2.45, 2.75) is 26.3 Å². The molecular weight excluding hydrogens is 438 g/mol. The van der Waals surface area contributed by atoms with Gasteiger partial charge in [0.1, 0.15) is 6.04 Å². The lowest BCUT2D eigenvalue weighted by atomic mass is 10.0. The van der Waals surface area contributed by atoms with E-state index in [2.05, 4.69) is 15.6 Å². The summed E-state index contributed by atoms with van der Waals surface area (Å²) in [5.41, 5.74) is 2.72. The van der Waals surface area contributed by atoms with E-state index in [0.717, 1.165) is 17.3 Å². The van der Waals surface area contributed by atoms with E-state index in [-0.39, 0.29) is 17.5 Å². The number of pyridine rings is 1. The van der Waals surface area contributed by atoms with Gasteiger partial charge in [0.05, 0.1) is 11.1 Å². The number of aliphatic carboxylic acids is 1. The molecule has 2 amide bonds. The molecule has 0 aliphatic heterocycles. The molecule has 1 aromatic heterocycles. The molecule has 0 spiro atoms. The van der Waals surface area contributed by atoms with Crippen LogP contribution in [0.25, 0.3) is 0 Å².